The quantitative estimate of drug-likeness (QED) is 0.614. The number of rotatable bonds is 7. The van der Waals surface area contributed by atoms with Gasteiger partial charge in [-0.1, -0.05) is 0 Å². The molecule has 96 valence electrons. The van der Waals surface area contributed by atoms with Crippen LogP contribution in [0.15, 0.2) is 24.5 Å². The number of hydrogen-bond donors (Lipinski definition) is 1. The summed E-state index contributed by atoms with van der Waals surface area (Å²) in [4.78, 5) is 12.7. The standard InChI is InChI=1S/C12H15ClN4O/c13-4-9-18-8-1-5-15-11-3-2-10-12(17-11)16-7-6-14-10/h2-3,6-7H,1,4-5,8-9H2,(H,15,16,17). The van der Waals surface area contributed by atoms with Crippen LogP contribution in [-0.2, 0) is 4.74 Å². The summed E-state index contributed by atoms with van der Waals surface area (Å²) in [6.07, 6.45) is 4.21. The molecule has 0 aliphatic carbocycles. The fourth-order valence-electron chi connectivity index (χ4n) is 1.50. The van der Waals surface area contributed by atoms with Crippen molar-refractivity contribution in [1.29, 1.82) is 0 Å². The van der Waals surface area contributed by atoms with E-state index in [9.17, 15) is 0 Å². The number of nitrogens with one attached hydrogen (secondary N) is 1. The van der Waals surface area contributed by atoms with Gasteiger partial charge in [-0.25, -0.2) is 9.97 Å². The van der Waals surface area contributed by atoms with E-state index in [4.69, 9.17) is 16.3 Å². The molecule has 0 bridgehead atoms. The van der Waals surface area contributed by atoms with Crippen molar-refractivity contribution in [3.05, 3.63) is 24.5 Å². The zero-order valence-corrected chi connectivity index (χ0v) is 10.7. The molecule has 0 unspecified atom stereocenters. The van der Waals surface area contributed by atoms with Crippen LogP contribution in [0.5, 0.6) is 0 Å². The van der Waals surface area contributed by atoms with Crippen LogP contribution in [0.3, 0.4) is 0 Å². The van der Waals surface area contributed by atoms with Crippen molar-refractivity contribution in [3.63, 3.8) is 0 Å². The van der Waals surface area contributed by atoms with Crippen LogP contribution >= 0.6 is 11.6 Å². The molecule has 0 fully saturated rings. The third-order valence-corrected chi connectivity index (χ3v) is 2.48. The highest BCUT2D eigenvalue weighted by Crippen LogP contribution is 2.09. The Balaban J connectivity index is 1.81. The molecule has 2 rings (SSSR count). The number of halogens is 1. The van der Waals surface area contributed by atoms with E-state index in [0.29, 0.717) is 24.7 Å². The second-order valence-electron chi connectivity index (χ2n) is 3.68. The maximum atomic E-state index is 5.50. The van der Waals surface area contributed by atoms with E-state index in [1.807, 2.05) is 12.1 Å². The lowest BCUT2D eigenvalue weighted by Gasteiger charge is -2.06. The molecule has 2 aromatic heterocycles. The number of pyridine rings is 1. The van der Waals surface area contributed by atoms with Gasteiger partial charge in [0, 0.05) is 31.4 Å². The second-order valence-corrected chi connectivity index (χ2v) is 4.06. The second kappa shape index (κ2) is 7.08. The topological polar surface area (TPSA) is 59.9 Å². The molecular formula is C12H15ClN4O. The molecule has 6 heteroatoms. The minimum absolute atomic E-state index is 0.540. The summed E-state index contributed by atoms with van der Waals surface area (Å²) < 4.78 is 5.28. The number of ether oxygens (including phenoxy) is 1. The van der Waals surface area contributed by atoms with Gasteiger partial charge in [0.15, 0.2) is 5.65 Å². The minimum Gasteiger partial charge on any atom is -0.380 e. The summed E-state index contributed by atoms with van der Waals surface area (Å²) in [6, 6.07) is 3.80. The maximum absolute atomic E-state index is 5.50. The van der Waals surface area contributed by atoms with Gasteiger partial charge in [-0.2, -0.15) is 0 Å². The van der Waals surface area contributed by atoms with Crippen LogP contribution in [0.2, 0.25) is 0 Å². The largest absolute Gasteiger partial charge is 0.380 e. The Hall–Kier alpha value is -1.46. The number of hydrogen-bond acceptors (Lipinski definition) is 5. The van der Waals surface area contributed by atoms with Gasteiger partial charge in [0.1, 0.15) is 11.3 Å². The van der Waals surface area contributed by atoms with Gasteiger partial charge in [0.25, 0.3) is 0 Å². The molecule has 0 radical (unpaired) electrons. The highest BCUT2D eigenvalue weighted by Gasteiger charge is 1.98. The molecule has 0 saturated heterocycles. The maximum Gasteiger partial charge on any atom is 0.180 e. The first-order chi connectivity index (χ1) is 8.90. The molecule has 2 aromatic rings. The van der Waals surface area contributed by atoms with Crippen molar-refractivity contribution in [3.8, 4) is 0 Å². The molecular weight excluding hydrogens is 252 g/mol. The number of aromatic nitrogens is 3. The Kier molecular flexibility index (Phi) is 5.11. The Morgan fingerprint density at radius 3 is 2.94 bits per heavy atom. The van der Waals surface area contributed by atoms with Crippen molar-refractivity contribution < 1.29 is 4.74 Å². The van der Waals surface area contributed by atoms with Crippen molar-refractivity contribution in [1.82, 2.24) is 15.0 Å². The average molecular weight is 267 g/mol. The lowest BCUT2D eigenvalue weighted by molar-refractivity contribution is 0.149. The van der Waals surface area contributed by atoms with Crippen molar-refractivity contribution in [2.75, 3.05) is 31.0 Å². The molecule has 5 nitrogen and oxygen atoms in total. The number of alkyl halides is 1. The molecule has 0 aromatic carbocycles. The van der Waals surface area contributed by atoms with Crippen LogP contribution in [0.1, 0.15) is 6.42 Å². The number of fused-ring (bicyclic) bond motifs is 1. The van der Waals surface area contributed by atoms with Crippen LogP contribution < -0.4 is 5.32 Å². The highest BCUT2D eigenvalue weighted by atomic mass is 35.5. The molecule has 0 saturated carbocycles. The van der Waals surface area contributed by atoms with Crippen LogP contribution in [-0.4, -0.2) is 40.6 Å². The lowest BCUT2D eigenvalue weighted by atomic mass is 10.4. The molecule has 1 N–H and O–H groups in total. The first-order valence-corrected chi connectivity index (χ1v) is 6.39. The van der Waals surface area contributed by atoms with E-state index < -0.39 is 0 Å². The Morgan fingerprint density at radius 2 is 2.06 bits per heavy atom. The summed E-state index contributed by atoms with van der Waals surface area (Å²) in [5.41, 5.74) is 1.45. The summed E-state index contributed by atoms with van der Waals surface area (Å²) in [7, 11) is 0. The summed E-state index contributed by atoms with van der Waals surface area (Å²) in [5.74, 6) is 1.35. The van der Waals surface area contributed by atoms with Gasteiger partial charge >= 0.3 is 0 Å². The Labute approximate surface area is 111 Å². The third-order valence-electron chi connectivity index (χ3n) is 2.32. The first-order valence-electron chi connectivity index (χ1n) is 5.85. The van der Waals surface area contributed by atoms with E-state index in [-0.39, 0.29) is 0 Å². The predicted octanol–water partition coefficient (Wildman–Crippen LogP) is 2.08. The first kappa shape index (κ1) is 13.0. The molecule has 0 spiro atoms. The van der Waals surface area contributed by atoms with Gasteiger partial charge in [0.05, 0.1) is 6.61 Å². The van der Waals surface area contributed by atoms with E-state index in [0.717, 1.165) is 24.3 Å². The smallest absolute Gasteiger partial charge is 0.180 e. The summed E-state index contributed by atoms with van der Waals surface area (Å²) in [5, 5.41) is 3.22. The lowest BCUT2D eigenvalue weighted by Crippen LogP contribution is -2.07. The van der Waals surface area contributed by atoms with Gasteiger partial charge in [0.2, 0.25) is 0 Å². The van der Waals surface area contributed by atoms with Crippen molar-refractivity contribution in [2.24, 2.45) is 0 Å². The Morgan fingerprint density at radius 1 is 1.17 bits per heavy atom. The Bertz CT molecular complexity index is 494. The van der Waals surface area contributed by atoms with E-state index in [1.165, 1.54) is 0 Å². The van der Waals surface area contributed by atoms with E-state index >= 15 is 0 Å². The molecule has 0 amide bonds. The average Bonchev–Trinajstić information content (AvgIpc) is 2.42. The summed E-state index contributed by atoms with van der Waals surface area (Å²) in [6.45, 7) is 2.11. The van der Waals surface area contributed by atoms with E-state index in [1.54, 1.807) is 12.4 Å². The molecule has 0 aliphatic heterocycles. The molecule has 2 heterocycles. The van der Waals surface area contributed by atoms with Gasteiger partial charge in [-0.15, -0.1) is 11.6 Å². The predicted molar refractivity (Wildman–Crippen MR) is 72.0 cm³/mol. The monoisotopic (exact) mass is 266 g/mol. The number of anilines is 1. The number of nitrogens with zero attached hydrogens (tertiary/aromatic N) is 3. The van der Waals surface area contributed by atoms with Gasteiger partial charge < -0.3 is 10.1 Å². The van der Waals surface area contributed by atoms with Gasteiger partial charge in [-0.3, -0.25) is 4.98 Å². The fourth-order valence-corrected chi connectivity index (χ4v) is 1.61. The summed E-state index contributed by atoms with van der Waals surface area (Å²) >= 11 is 5.50. The normalized spacial score (nSPS) is 10.7. The molecule has 0 aliphatic rings. The third kappa shape index (κ3) is 3.78. The van der Waals surface area contributed by atoms with Crippen molar-refractivity contribution >= 4 is 28.6 Å². The van der Waals surface area contributed by atoms with Crippen LogP contribution in [0.4, 0.5) is 5.82 Å². The van der Waals surface area contributed by atoms with Crippen LogP contribution in [0, 0.1) is 0 Å². The fraction of sp³-hybridized carbons (Fsp3) is 0.417. The SMILES string of the molecule is ClCCOCCCNc1ccc2nccnc2n1. The highest BCUT2D eigenvalue weighted by molar-refractivity contribution is 6.17. The zero-order chi connectivity index (χ0) is 12.6. The minimum atomic E-state index is 0.540. The molecule has 0 atom stereocenters. The zero-order valence-electron chi connectivity index (χ0n) is 9.97. The van der Waals surface area contributed by atoms with Crippen molar-refractivity contribution in [2.45, 2.75) is 6.42 Å². The van der Waals surface area contributed by atoms with Crippen LogP contribution in [0.25, 0.3) is 11.2 Å². The van der Waals surface area contributed by atoms with Gasteiger partial charge in [-0.05, 0) is 18.6 Å². The van der Waals surface area contributed by atoms with E-state index in [2.05, 4.69) is 20.3 Å². The molecule has 18 heavy (non-hydrogen) atoms.